The molecule has 0 saturated carbocycles. The van der Waals surface area contributed by atoms with Gasteiger partial charge < -0.3 is 0 Å². The Labute approximate surface area is 117 Å². The molecule has 0 aliphatic heterocycles. The predicted octanol–water partition coefficient (Wildman–Crippen LogP) is 4.75. The van der Waals surface area contributed by atoms with Gasteiger partial charge in [0.1, 0.15) is 0 Å². The first kappa shape index (κ1) is 13.3. The normalized spacial score (nSPS) is 11.6. The molecule has 0 fully saturated rings. The molecule has 94 valence electrons. The number of rotatable bonds is 1. The minimum Gasteiger partial charge on any atom is -0.237 e. The van der Waals surface area contributed by atoms with E-state index in [1.54, 1.807) is 24.5 Å². The van der Waals surface area contributed by atoms with E-state index in [0.717, 1.165) is 11.1 Å². The van der Waals surface area contributed by atoms with Crippen LogP contribution in [0.1, 0.15) is 26.3 Å². The van der Waals surface area contributed by atoms with Crippen LogP contribution in [-0.4, -0.2) is 9.97 Å². The lowest BCUT2D eigenvalue weighted by atomic mass is 9.83. The topological polar surface area (TPSA) is 25.8 Å². The molecule has 0 bridgehead atoms. The van der Waals surface area contributed by atoms with Gasteiger partial charge in [-0.25, -0.2) is 9.97 Å². The number of benzene rings is 1. The van der Waals surface area contributed by atoms with Crippen molar-refractivity contribution < 1.29 is 0 Å². The molecule has 0 radical (unpaired) electrons. The molecule has 0 aliphatic rings. The number of hydrogen-bond acceptors (Lipinski definition) is 2. The Bertz CT molecular complexity index is 560. The van der Waals surface area contributed by atoms with Gasteiger partial charge in [-0.2, -0.15) is 0 Å². The molecule has 2 rings (SSSR count). The molecule has 0 aliphatic carbocycles. The molecule has 4 heteroatoms. The van der Waals surface area contributed by atoms with E-state index in [2.05, 4.69) is 30.7 Å². The third-order valence-corrected chi connectivity index (χ3v) is 3.17. The van der Waals surface area contributed by atoms with Crippen molar-refractivity contribution in [3.8, 4) is 11.4 Å². The van der Waals surface area contributed by atoms with Crippen LogP contribution in [0.5, 0.6) is 0 Å². The second kappa shape index (κ2) is 4.87. The number of halogens is 2. The fourth-order valence-corrected chi connectivity index (χ4v) is 2.40. The van der Waals surface area contributed by atoms with Crippen LogP contribution >= 0.6 is 23.2 Å². The quantitative estimate of drug-likeness (QED) is 0.754. The first-order valence-corrected chi connectivity index (χ1v) is 6.42. The summed E-state index contributed by atoms with van der Waals surface area (Å²) in [6.45, 7) is 6.34. The standard InChI is InChI=1S/C14H14Cl2N2/c1-14(2,3)10-7-9(15)8-11(16)12(10)13-17-5-4-6-18-13/h4-8H,1-3H3. The van der Waals surface area contributed by atoms with Crippen LogP contribution in [0, 0.1) is 0 Å². The highest BCUT2D eigenvalue weighted by atomic mass is 35.5. The number of hydrogen-bond donors (Lipinski definition) is 0. The van der Waals surface area contributed by atoms with Crippen molar-refractivity contribution >= 4 is 23.2 Å². The zero-order chi connectivity index (χ0) is 13.3. The molecule has 0 amide bonds. The van der Waals surface area contributed by atoms with Crippen molar-refractivity contribution in [3.63, 3.8) is 0 Å². The van der Waals surface area contributed by atoms with Crippen molar-refractivity contribution in [2.45, 2.75) is 26.2 Å². The van der Waals surface area contributed by atoms with E-state index in [-0.39, 0.29) is 5.41 Å². The maximum absolute atomic E-state index is 6.31. The average Bonchev–Trinajstić information content (AvgIpc) is 2.28. The van der Waals surface area contributed by atoms with Crippen LogP contribution in [0.3, 0.4) is 0 Å². The SMILES string of the molecule is CC(C)(C)c1cc(Cl)cc(Cl)c1-c1ncccn1. The van der Waals surface area contributed by atoms with Crippen molar-refractivity contribution in [1.82, 2.24) is 9.97 Å². The highest BCUT2D eigenvalue weighted by Crippen LogP contribution is 2.38. The van der Waals surface area contributed by atoms with Crippen molar-refractivity contribution in [2.24, 2.45) is 0 Å². The van der Waals surface area contributed by atoms with E-state index < -0.39 is 0 Å². The summed E-state index contributed by atoms with van der Waals surface area (Å²) in [5.41, 5.74) is 1.82. The highest BCUT2D eigenvalue weighted by Gasteiger charge is 2.23. The molecule has 1 aromatic carbocycles. The summed E-state index contributed by atoms with van der Waals surface area (Å²) in [6, 6.07) is 5.44. The van der Waals surface area contributed by atoms with Crippen molar-refractivity contribution in [2.75, 3.05) is 0 Å². The van der Waals surface area contributed by atoms with E-state index in [4.69, 9.17) is 23.2 Å². The van der Waals surface area contributed by atoms with Crippen molar-refractivity contribution in [1.29, 1.82) is 0 Å². The summed E-state index contributed by atoms with van der Waals surface area (Å²) in [4.78, 5) is 8.55. The summed E-state index contributed by atoms with van der Waals surface area (Å²) in [5, 5.41) is 1.21. The lowest BCUT2D eigenvalue weighted by Crippen LogP contribution is -2.13. The fourth-order valence-electron chi connectivity index (χ4n) is 1.82. The Balaban J connectivity index is 2.74. The summed E-state index contributed by atoms with van der Waals surface area (Å²) in [5.74, 6) is 0.629. The summed E-state index contributed by atoms with van der Waals surface area (Å²) in [7, 11) is 0. The molecule has 1 heterocycles. The van der Waals surface area contributed by atoms with Gasteiger partial charge in [0.25, 0.3) is 0 Å². The van der Waals surface area contributed by atoms with E-state index >= 15 is 0 Å². The fraction of sp³-hybridized carbons (Fsp3) is 0.286. The summed E-state index contributed by atoms with van der Waals surface area (Å²) in [6.07, 6.45) is 3.42. The monoisotopic (exact) mass is 280 g/mol. The van der Waals surface area contributed by atoms with Gasteiger partial charge in [0.15, 0.2) is 5.82 Å². The van der Waals surface area contributed by atoms with Gasteiger partial charge in [-0.05, 0) is 29.2 Å². The van der Waals surface area contributed by atoms with Gasteiger partial charge >= 0.3 is 0 Å². The first-order valence-electron chi connectivity index (χ1n) is 5.66. The molecule has 2 nitrogen and oxygen atoms in total. The van der Waals surface area contributed by atoms with E-state index in [1.165, 1.54) is 0 Å². The third-order valence-electron chi connectivity index (χ3n) is 2.65. The minimum absolute atomic E-state index is 0.0803. The third kappa shape index (κ3) is 2.65. The highest BCUT2D eigenvalue weighted by molar-refractivity contribution is 6.36. The summed E-state index contributed by atoms with van der Waals surface area (Å²) >= 11 is 12.4. The van der Waals surface area contributed by atoms with Gasteiger partial charge in [0.2, 0.25) is 0 Å². The zero-order valence-electron chi connectivity index (χ0n) is 10.5. The molecular formula is C14H14Cl2N2. The van der Waals surface area contributed by atoms with Crippen LogP contribution in [0.15, 0.2) is 30.6 Å². The lowest BCUT2D eigenvalue weighted by molar-refractivity contribution is 0.591. The number of aromatic nitrogens is 2. The molecule has 18 heavy (non-hydrogen) atoms. The van der Waals surface area contributed by atoms with E-state index in [0.29, 0.717) is 15.9 Å². The zero-order valence-corrected chi connectivity index (χ0v) is 12.0. The Morgan fingerprint density at radius 3 is 2.17 bits per heavy atom. The molecule has 0 spiro atoms. The number of nitrogens with zero attached hydrogens (tertiary/aromatic N) is 2. The second-order valence-electron chi connectivity index (χ2n) is 5.13. The summed E-state index contributed by atoms with van der Waals surface area (Å²) < 4.78 is 0. The predicted molar refractivity (Wildman–Crippen MR) is 76.2 cm³/mol. The smallest absolute Gasteiger partial charge is 0.160 e. The molecule has 1 aromatic heterocycles. The van der Waals surface area contributed by atoms with Gasteiger partial charge in [-0.3, -0.25) is 0 Å². The van der Waals surface area contributed by atoms with Gasteiger partial charge in [0.05, 0.1) is 5.02 Å². The lowest BCUT2D eigenvalue weighted by Gasteiger charge is -2.23. The molecule has 0 atom stereocenters. The van der Waals surface area contributed by atoms with Crippen molar-refractivity contribution in [3.05, 3.63) is 46.2 Å². The molecule has 0 saturated heterocycles. The Kier molecular flexibility index (Phi) is 3.60. The Hall–Kier alpha value is -1.12. The molecular weight excluding hydrogens is 267 g/mol. The molecule has 2 aromatic rings. The first-order chi connectivity index (χ1) is 8.39. The Morgan fingerprint density at radius 2 is 1.61 bits per heavy atom. The van der Waals surface area contributed by atoms with Gasteiger partial charge in [0, 0.05) is 23.0 Å². The second-order valence-corrected chi connectivity index (χ2v) is 5.98. The van der Waals surface area contributed by atoms with Crippen LogP contribution in [0.4, 0.5) is 0 Å². The van der Waals surface area contributed by atoms with E-state index in [9.17, 15) is 0 Å². The molecule has 0 unspecified atom stereocenters. The average molecular weight is 281 g/mol. The van der Waals surface area contributed by atoms with Crippen LogP contribution in [0.2, 0.25) is 10.0 Å². The maximum Gasteiger partial charge on any atom is 0.160 e. The van der Waals surface area contributed by atoms with Crippen LogP contribution in [-0.2, 0) is 5.41 Å². The minimum atomic E-state index is -0.0803. The van der Waals surface area contributed by atoms with E-state index in [1.807, 2.05) is 6.07 Å². The van der Waals surface area contributed by atoms with Crippen LogP contribution < -0.4 is 0 Å². The van der Waals surface area contributed by atoms with Gasteiger partial charge in [-0.1, -0.05) is 44.0 Å². The largest absolute Gasteiger partial charge is 0.237 e. The molecule has 0 N–H and O–H groups in total. The Morgan fingerprint density at radius 1 is 1.00 bits per heavy atom. The van der Waals surface area contributed by atoms with Crippen LogP contribution in [0.25, 0.3) is 11.4 Å². The maximum atomic E-state index is 6.31. The van der Waals surface area contributed by atoms with Gasteiger partial charge in [-0.15, -0.1) is 0 Å².